The van der Waals surface area contributed by atoms with Gasteiger partial charge in [-0.3, -0.25) is 4.98 Å². The predicted molar refractivity (Wildman–Crippen MR) is 48.8 cm³/mol. The third kappa shape index (κ3) is 3.14. The van der Waals surface area contributed by atoms with Gasteiger partial charge in [0.2, 0.25) is 0 Å². The molecule has 0 bridgehead atoms. The zero-order valence-electron chi connectivity index (χ0n) is 5.77. The molecule has 1 unspecified atom stereocenters. The van der Waals surface area contributed by atoms with Crippen LogP contribution in [-0.4, -0.2) is 21.3 Å². The van der Waals surface area contributed by atoms with Crippen LogP contribution in [0.4, 0.5) is 0 Å². The van der Waals surface area contributed by atoms with E-state index in [0.29, 0.717) is 0 Å². The topological polar surface area (TPSA) is 33.1 Å². The fourth-order valence-corrected chi connectivity index (χ4v) is 1.53. The van der Waals surface area contributed by atoms with Crippen molar-refractivity contribution in [2.24, 2.45) is 0 Å². The van der Waals surface area contributed by atoms with Gasteiger partial charge in [0.1, 0.15) is 6.20 Å². The van der Waals surface area contributed by atoms with Gasteiger partial charge in [-0.1, -0.05) is 0 Å². The third-order valence-corrected chi connectivity index (χ3v) is 2.38. The Morgan fingerprint density at radius 3 is 3.18 bits per heavy atom. The van der Waals surface area contributed by atoms with Crippen LogP contribution in [-0.2, 0) is 0 Å². The molecular weight excluding hydrogens is 178 g/mol. The number of hydrogen-bond acceptors (Lipinski definition) is 4. The van der Waals surface area contributed by atoms with E-state index >= 15 is 0 Å². The molecule has 0 aromatic carbocycles. The standard InChI is InChI=1S/C7H8NOS2/c9-5-7(10)11-6-2-1-3-8-4-6/h1-3,7,9-10H,5H2. The van der Waals surface area contributed by atoms with Gasteiger partial charge in [-0.05, 0) is 12.1 Å². The Bertz CT molecular complexity index is 205. The molecule has 11 heavy (non-hydrogen) atoms. The first kappa shape index (κ1) is 8.90. The van der Waals surface area contributed by atoms with E-state index in [2.05, 4.69) is 23.8 Å². The number of thiol groups is 1. The van der Waals surface area contributed by atoms with Gasteiger partial charge in [0.25, 0.3) is 0 Å². The lowest BCUT2D eigenvalue weighted by molar-refractivity contribution is 0.316. The van der Waals surface area contributed by atoms with Crippen LogP contribution < -0.4 is 0 Å². The minimum absolute atomic E-state index is 0.0521. The fourth-order valence-electron chi connectivity index (χ4n) is 0.561. The second kappa shape index (κ2) is 4.64. The SMILES string of the molecule is OCC(S)Sc1[c]nccc1. The van der Waals surface area contributed by atoms with Crippen molar-refractivity contribution < 1.29 is 5.11 Å². The smallest absolute Gasteiger partial charge is 0.103 e. The Kier molecular flexibility index (Phi) is 3.76. The average molecular weight is 186 g/mol. The normalized spacial score (nSPS) is 12.9. The Morgan fingerprint density at radius 1 is 1.82 bits per heavy atom. The van der Waals surface area contributed by atoms with Crippen LogP contribution in [0.25, 0.3) is 0 Å². The number of aliphatic hydroxyl groups excluding tert-OH is 1. The Morgan fingerprint density at radius 2 is 2.64 bits per heavy atom. The summed E-state index contributed by atoms with van der Waals surface area (Å²) in [5, 5.41) is 8.66. The summed E-state index contributed by atoms with van der Waals surface area (Å²) in [7, 11) is 0. The molecule has 0 amide bonds. The van der Waals surface area contributed by atoms with E-state index in [1.165, 1.54) is 11.8 Å². The largest absolute Gasteiger partial charge is 0.394 e. The summed E-state index contributed by atoms with van der Waals surface area (Å²) >= 11 is 5.55. The molecule has 1 heterocycles. The van der Waals surface area contributed by atoms with E-state index in [9.17, 15) is 0 Å². The Balaban J connectivity index is 2.51. The maximum Gasteiger partial charge on any atom is 0.103 e. The van der Waals surface area contributed by atoms with E-state index in [1.807, 2.05) is 12.1 Å². The molecule has 0 spiro atoms. The van der Waals surface area contributed by atoms with Gasteiger partial charge in [0.05, 0.1) is 11.2 Å². The second-order valence-corrected chi connectivity index (χ2v) is 4.09. The molecule has 2 nitrogen and oxygen atoms in total. The van der Waals surface area contributed by atoms with E-state index in [0.717, 1.165) is 4.90 Å². The number of aromatic nitrogens is 1. The minimum atomic E-state index is -0.0875. The van der Waals surface area contributed by atoms with E-state index < -0.39 is 0 Å². The number of thioether (sulfide) groups is 1. The summed E-state index contributed by atoms with van der Waals surface area (Å²) in [4.78, 5) is 4.71. The van der Waals surface area contributed by atoms with Crippen molar-refractivity contribution in [3.8, 4) is 0 Å². The summed E-state index contributed by atoms with van der Waals surface area (Å²) in [6.07, 6.45) is 4.45. The van der Waals surface area contributed by atoms with Gasteiger partial charge in [0.15, 0.2) is 0 Å². The van der Waals surface area contributed by atoms with Crippen LogP contribution in [0.3, 0.4) is 0 Å². The van der Waals surface area contributed by atoms with Gasteiger partial charge in [-0.15, -0.1) is 11.8 Å². The van der Waals surface area contributed by atoms with Crippen LogP contribution in [0, 0.1) is 6.20 Å². The first-order valence-corrected chi connectivity index (χ1v) is 4.51. The van der Waals surface area contributed by atoms with Crippen molar-refractivity contribution in [2.75, 3.05) is 6.61 Å². The molecular formula is C7H8NOS2. The zero-order chi connectivity index (χ0) is 8.10. The van der Waals surface area contributed by atoms with Crippen LogP contribution in [0.1, 0.15) is 0 Å². The molecule has 0 saturated carbocycles. The van der Waals surface area contributed by atoms with Gasteiger partial charge in [-0.2, -0.15) is 12.6 Å². The summed E-state index contributed by atoms with van der Waals surface area (Å²) < 4.78 is -0.0875. The lowest BCUT2D eigenvalue weighted by Crippen LogP contribution is -1.97. The monoisotopic (exact) mass is 186 g/mol. The molecule has 0 saturated heterocycles. The summed E-state index contributed by atoms with van der Waals surface area (Å²) in [5.41, 5.74) is 0. The molecule has 4 heteroatoms. The van der Waals surface area contributed by atoms with Gasteiger partial charge in [0, 0.05) is 11.1 Å². The molecule has 1 atom stereocenters. The van der Waals surface area contributed by atoms with Crippen molar-refractivity contribution in [2.45, 2.75) is 9.48 Å². The fraction of sp³-hybridized carbons (Fsp3) is 0.286. The first-order chi connectivity index (χ1) is 5.33. The molecule has 1 aromatic heterocycles. The molecule has 0 aliphatic rings. The lowest BCUT2D eigenvalue weighted by atomic mass is 10.5. The maximum atomic E-state index is 8.66. The highest BCUT2D eigenvalue weighted by molar-refractivity contribution is 8.10. The van der Waals surface area contributed by atoms with Crippen LogP contribution in [0.15, 0.2) is 23.2 Å². The van der Waals surface area contributed by atoms with Crippen molar-refractivity contribution in [1.29, 1.82) is 0 Å². The minimum Gasteiger partial charge on any atom is -0.394 e. The third-order valence-electron chi connectivity index (χ3n) is 1.00. The average Bonchev–Trinajstić information content (AvgIpc) is 2.06. The van der Waals surface area contributed by atoms with Gasteiger partial charge >= 0.3 is 0 Å². The lowest BCUT2D eigenvalue weighted by Gasteiger charge is -2.04. The maximum absolute atomic E-state index is 8.66. The summed E-state index contributed by atoms with van der Waals surface area (Å²) in [5.74, 6) is 0. The summed E-state index contributed by atoms with van der Waals surface area (Å²) in [6.45, 7) is 0.0521. The Labute approximate surface area is 75.5 Å². The molecule has 1 aromatic rings. The van der Waals surface area contributed by atoms with Crippen LogP contribution in [0.5, 0.6) is 0 Å². The van der Waals surface area contributed by atoms with E-state index in [-0.39, 0.29) is 11.2 Å². The highest BCUT2D eigenvalue weighted by atomic mass is 32.2. The van der Waals surface area contributed by atoms with Gasteiger partial charge in [-0.25, -0.2) is 0 Å². The van der Waals surface area contributed by atoms with Crippen LogP contribution >= 0.6 is 24.4 Å². The van der Waals surface area contributed by atoms with Crippen molar-refractivity contribution >= 4 is 24.4 Å². The van der Waals surface area contributed by atoms with E-state index in [1.54, 1.807) is 6.20 Å². The number of rotatable bonds is 3. The molecule has 0 fully saturated rings. The molecule has 0 aliphatic carbocycles. The molecule has 1 N–H and O–H groups in total. The molecule has 0 aliphatic heterocycles. The van der Waals surface area contributed by atoms with Crippen molar-refractivity contribution in [3.63, 3.8) is 0 Å². The van der Waals surface area contributed by atoms with Crippen LogP contribution in [0.2, 0.25) is 0 Å². The number of pyridine rings is 1. The quantitative estimate of drug-likeness (QED) is 0.423. The van der Waals surface area contributed by atoms with Crippen molar-refractivity contribution in [1.82, 2.24) is 4.98 Å². The highest BCUT2D eigenvalue weighted by Crippen LogP contribution is 2.23. The van der Waals surface area contributed by atoms with Crippen molar-refractivity contribution in [3.05, 3.63) is 24.5 Å². The second-order valence-electron chi connectivity index (χ2n) is 1.87. The number of aliphatic hydroxyl groups is 1. The number of nitrogens with zero attached hydrogens (tertiary/aromatic N) is 1. The van der Waals surface area contributed by atoms with Gasteiger partial charge < -0.3 is 5.11 Å². The molecule has 1 rings (SSSR count). The summed E-state index contributed by atoms with van der Waals surface area (Å²) in [6, 6.07) is 3.72. The number of hydrogen-bond donors (Lipinski definition) is 2. The zero-order valence-corrected chi connectivity index (χ0v) is 7.48. The first-order valence-electron chi connectivity index (χ1n) is 3.11. The highest BCUT2D eigenvalue weighted by Gasteiger charge is 2.02. The Hall–Kier alpha value is -0.190. The van der Waals surface area contributed by atoms with E-state index in [4.69, 9.17) is 5.11 Å². The predicted octanol–water partition coefficient (Wildman–Crippen LogP) is 1.22. The molecule has 59 valence electrons. The molecule has 1 radical (unpaired) electrons.